The fourth-order valence-corrected chi connectivity index (χ4v) is 4.86. The lowest BCUT2D eigenvalue weighted by molar-refractivity contribution is -0.140. The van der Waals surface area contributed by atoms with Crippen molar-refractivity contribution < 1.29 is 27.5 Å². The van der Waals surface area contributed by atoms with Crippen molar-refractivity contribution in [1.82, 2.24) is 10.2 Å². The van der Waals surface area contributed by atoms with Gasteiger partial charge in [0.25, 0.3) is 0 Å². The van der Waals surface area contributed by atoms with Gasteiger partial charge >= 0.3 is 0 Å². The van der Waals surface area contributed by atoms with E-state index in [1.54, 1.807) is 25.1 Å². The van der Waals surface area contributed by atoms with Crippen LogP contribution in [-0.2, 0) is 26.2 Å². The molecule has 0 bridgehead atoms. The van der Waals surface area contributed by atoms with Gasteiger partial charge in [0.2, 0.25) is 21.8 Å². The number of halogens is 2. The molecule has 0 saturated carbocycles. The lowest BCUT2D eigenvalue weighted by atomic mass is 10.1. The number of nitrogens with zero attached hydrogens (tertiary/aromatic N) is 2. The highest BCUT2D eigenvalue weighted by Crippen LogP contribution is 2.33. The van der Waals surface area contributed by atoms with Crippen molar-refractivity contribution in [2.45, 2.75) is 45.8 Å². The average Bonchev–Trinajstić information content (AvgIpc) is 2.79. The van der Waals surface area contributed by atoms with E-state index in [1.165, 1.54) is 37.3 Å². The van der Waals surface area contributed by atoms with Crippen LogP contribution in [-0.4, -0.2) is 63.7 Å². The number of methoxy groups -OCH3 is 2. The molecule has 1 atom stereocenters. The standard InChI is InChI=1S/C25H33Cl2N3O6S/c1-16(24(32)28-25(2,3)4)29(14-18-19(26)9-8-10-20(18)27)23(31)15-30(37(7,33)34)17-11-12-21(35-5)22(13-17)36-6/h8-13,16H,14-15H2,1-7H3,(H,28,32)/t16-/m1/s1. The zero-order valence-electron chi connectivity index (χ0n) is 22.0. The molecule has 1 N–H and O–H groups in total. The van der Waals surface area contributed by atoms with Crippen LogP contribution in [0.1, 0.15) is 33.3 Å². The molecule has 204 valence electrons. The van der Waals surface area contributed by atoms with Crippen LogP contribution < -0.4 is 19.1 Å². The molecule has 0 saturated heterocycles. The van der Waals surface area contributed by atoms with Gasteiger partial charge in [-0.15, -0.1) is 0 Å². The maximum Gasteiger partial charge on any atom is 0.244 e. The monoisotopic (exact) mass is 573 g/mol. The van der Waals surface area contributed by atoms with Crippen LogP contribution in [0.4, 0.5) is 5.69 Å². The van der Waals surface area contributed by atoms with Crippen molar-refractivity contribution in [1.29, 1.82) is 0 Å². The van der Waals surface area contributed by atoms with Gasteiger partial charge in [0.1, 0.15) is 12.6 Å². The van der Waals surface area contributed by atoms with E-state index in [0.29, 0.717) is 27.1 Å². The van der Waals surface area contributed by atoms with E-state index >= 15 is 0 Å². The van der Waals surface area contributed by atoms with Gasteiger partial charge in [0, 0.05) is 33.8 Å². The van der Waals surface area contributed by atoms with Gasteiger partial charge in [-0.05, 0) is 52.0 Å². The van der Waals surface area contributed by atoms with E-state index < -0.39 is 40.0 Å². The lowest BCUT2D eigenvalue weighted by Gasteiger charge is -2.33. The summed E-state index contributed by atoms with van der Waals surface area (Å²) in [6.07, 6.45) is 0.988. The summed E-state index contributed by atoms with van der Waals surface area (Å²) in [6.45, 7) is 6.32. The number of hydrogen-bond donors (Lipinski definition) is 1. The van der Waals surface area contributed by atoms with Gasteiger partial charge < -0.3 is 19.7 Å². The second kappa shape index (κ2) is 12.2. The fraction of sp³-hybridized carbons (Fsp3) is 0.440. The van der Waals surface area contributed by atoms with Crippen LogP contribution in [0.15, 0.2) is 36.4 Å². The normalized spacial score (nSPS) is 12.5. The number of anilines is 1. The highest BCUT2D eigenvalue weighted by Gasteiger charge is 2.32. The van der Waals surface area contributed by atoms with Gasteiger partial charge in [0.05, 0.1) is 26.2 Å². The Morgan fingerprint density at radius 1 is 1.03 bits per heavy atom. The minimum absolute atomic E-state index is 0.112. The fourth-order valence-electron chi connectivity index (χ4n) is 3.50. The van der Waals surface area contributed by atoms with E-state index in [-0.39, 0.29) is 12.2 Å². The molecule has 0 aliphatic carbocycles. The third-order valence-electron chi connectivity index (χ3n) is 5.39. The maximum absolute atomic E-state index is 13.7. The molecular weight excluding hydrogens is 541 g/mol. The summed E-state index contributed by atoms with van der Waals surface area (Å²) in [5, 5.41) is 3.48. The van der Waals surface area contributed by atoms with Crippen LogP contribution >= 0.6 is 23.2 Å². The van der Waals surface area contributed by atoms with Gasteiger partial charge in [-0.3, -0.25) is 13.9 Å². The number of sulfonamides is 1. The van der Waals surface area contributed by atoms with Crippen molar-refractivity contribution in [3.63, 3.8) is 0 Å². The van der Waals surface area contributed by atoms with Crippen LogP contribution in [0.2, 0.25) is 10.0 Å². The highest BCUT2D eigenvalue weighted by atomic mass is 35.5. The molecule has 0 unspecified atom stereocenters. The molecule has 2 amide bonds. The molecule has 9 nitrogen and oxygen atoms in total. The van der Waals surface area contributed by atoms with Crippen molar-refractivity contribution in [3.05, 3.63) is 52.0 Å². The third-order valence-corrected chi connectivity index (χ3v) is 7.24. The summed E-state index contributed by atoms with van der Waals surface area (Å²) in [5.41, 5.74) is 0.0724. The Labute approximate surface area is 228 Å². The Morgan fingerprint density at radius 2 is 1.59 bits per heavy atom. The van der Waals surface area contributed by atoms with Crippen molar-refractivity contribution in [2.24, 2.45) is 0 Å². The lowest BCUT2D eigenvalue weighted by Crippen LogP contribution is -2.54. The zero-order valence-corrected chi connectivity index (χ0v) is 24.3. The summed E-state index contributed by atoms with van der Waals surface area (Å²) in [4.78, 5) is 28.0. The Balaban J connectivity index is 2.51. The first-order chi connectivity index (χ1) is 17.1. The molecular formula is C25H33Cl2N3O6S. The quantitative estimate of drug-likeness (QED) is 0.458. The molecule has 2 aromatic carbocycles. The number of rotatable bonds is 10. The number of benzene rings is 2. The Morgan fingerprint density at radius 3 is 2.08 bits per heavy atom. The smallest absolute Gasteiger partial charge is 0.244 e. The van der Waals surface area contributed by atoms with Crippen LogP contribution in [0, 0.1) is 0 Å². The van der Waals surface area contributed by atoms with Gasteiger partial charge in [0.15, 0.2) is 11.5 Å². The minimum atomic E-state index is -3.92. The molecule has 0 spiro atoms. The molecule has 0 aromatic heterocycles. The van der Waals surface area contributed by atoms with Gasteiger partial charge in [-0.25, -0.2) is 8.42 Å². The van der Waals surface area contributed by atoms with E-state index in [4.69, 9.17) is 32.7 Å². The number of ether oxygens (including phenoxy) is 2. The largest absolute Gasteiger partial charge is 0.493 e. The van der Waals surface area contributed by atoms with Crippen molar-refractivity contribution in [2.75, 3.05) is 31.3 Å². The summed E-state index contributed by atoms with van der Waals surface area (Å²) in [7, 11) is -1.04. The first-order valence-corrected chi connectivity index (χ1v) is 13.9. The minimum Gasteiger partial charge on any atom is -0.493 e. The van der Waals surface area contributed by atoms with Gasteiger partial charge in [-0.1, -0.05) is 29.3 Å². The third kappa shape index (κ3) is 8.15. The highest BCUT2D eigenvalue weighted by molar-refractivity contribution is 7.92. The molecule has 0 heterocycles. The molecule has 2 aromatic rings. The number of hydrogen-bond acceptors (Lipinski definition) is 6. The van der Waals surface area contributed by atoms with E-state index in [0.717, 1.165) is 10.6 Å². The van der Waals surface area contributed by atoms with E-state index in [1.807, 2.05) is 20.8 Å². The number of nitrogens with one attached hydrogen (secondary N) is 1. The van der Waals surface area contributed by atoms with Crippen LogP contribution in [0.3, 0.4) is 0 Å². The van der Waals surface area contributed by atoms with Crippen LogP contribution in [0.5, 0.6) is 11.5 Å². The first kappa shape index (κ1) is 30.5. The Hall–Kier alpha value is -2.69. The van der Waals surface area contributed by atoms with Crippen molar-refractivity contribution >= 4 is 50.7 Å². The molecule has 12 heteroatoms. The van der Waals surface area contributed by atoms with E-state index in [2.05, 4.69) is 5.32 Å². The molecule has 2 rings (SSSR count). The first-order valence-electron chi connectivity index (χ1n) is 11.3. The number of amides is 2. The summed E-state index contributed by atoms with van der Waals surface area (Å²) in [6, 6.07) is 8.44. The maximum atomic E-state index is 13.7. The topological polar surface area (TPSA) is 105 Å². The molecule has 0 fully saturated rings. The molecule has 0 aliphatic rings. The molecule has 0 aliphatic heterocycles. The summed E-state index contributed by atoms with van der Waals surface area (Å²) >= 11 is 12.7. The molecule has 37 heavy (non-hydrogen) atoms. The number of carbonyl (C=O) groups excluding carboxylic acids is 2. The predicted molar refractivity (Wildman–Crippen MR) is 146 cm³/mol. The number of carbonyl (C=O) groups is 2. The average molecular weight is 575 g/mol. The second-order valence-electron chi connectivity index (χ2n) is 9.45. The summed E-state index contributed by atoms with van der Waals surface area (Å²) < 4.78 is 37.0. The summed E-state index contributed by atoms with van der Waals surface area (Å²) in [5.74, 6) is -0.360. The second-order valence-corrected chi connectivity index (χ2v) is 12.2. The zero-order chi connectivity index (χ0) is 28.1. The predicted octanol–water partition coefficient (Wildman–Crippen LogP) is 4.11. The Kier molecular flexibility index (Phi) is 10.1. The van der Waals surface area contributed by atoms with E-state index in [9.17, 15) is 18.0 Å². The Bertz CT molecular complexity index is 1230. The van der Waals surface area contributed by atoms with Gasteiger partial charge in [-0.2, -0.15) is 0 Å². The SMILES string of the molecule is COc1ccc(N(CC(=O)N(Cc2c(Cl)cccc2Cl)[C@H](C)C(=O)NC(C)(C)C)S(C)(=O)=O)cc1OC. The molecule has 0 radical (unpaired) electrons. The van der Waals surface area contributed by atoms with Crippen molar-refractivity contribution in [3.8, 4) is 11.5 Å². The van der Waals surface area contributed by atoms with Crippen LogP contribution in [0.25, 0.3) is 0 Å².